The molecule has 0 fully saturated rings. The van der Waals surface area contributed by atoms with Crippen LogP contribution in [0.25, 0.3) is 11.0 Å². The summed E-state index contributed by atoms with van der Waals surface area (Å²) in [5.74, 6) is 0.633. The van der Waals surface area contributed by atoms with Crippen molar-refractivity contribution in [2.24, 2.45) is 0 Å². The lowest BCUT2D eigenvalue weighted by Gasteiger charge is -2.08. The summed E-state index contributed by atoms with van der Waals surface area (Å²) in [4.78, 5) is 12.5. The first-order chi connectivity index (χ1) is 13.4. The highest BCUT2D eigenvalue weighted by Gasteiger charge is 2.10. The molecule has 0 radical (unpaired) electrons. The SMILES string of the molecule is CS(=O)(=O)c1cccc(Nc2nccc(Nc3[nH]nc4ncc(F)cc34)n2)c1. The van der Waals surface area contributed by atoms with Gasteiger partial charge in [0, 0.05) is 18.1 Å². The highest BCUT2D eigenvalue weighted by atomic mass is 32.2. The molecule has 28 heavy (non-hydrogen) atoms. The quantitative estimate of drug-likeness (QED) is 0.468. The minimum atomic E-state index is -3.33. The minimum Gasteiger partial charge on any atom is -0.325 e. The van der Waals surface area contributed by atoms with E-state index in [9.17, 15) is 12.8 Å². The fourth-order valence-corrected chi connectivity index (χ4v) is 3.19. The van der Waals surface area contributed by atoms with Crippen molar-refractivity contribution in [1.82, 2.24) is 25.1 Å². The molecule has 0 saturated carbocycles. The summed E-state index contributed by atoms with van der Waals surface area (Å²) >= 11 is 0. The molecule has 11 heteroatoms. The van der Waals surface area contributed by atoms with Gasteiger partial charge in [-0.1, -0.05) is 6.07 Å². The zero-order valence-corrected chi connectivity index (χ0v) is 15.3. The number of H-pyrrole nitrogens is 1. The number of nitrogens with one attached hydrogen (secondary N) is 3. The first-order valence-electron chi connectivity index (χ1n) is 8.05. The Morgan fingerprint density at radius 1 is 1.11 bits per heavy atom. The maximum absolute atomic E-state index is 13.4. The van der Waals surface area contributed by atoms with Crippen LogP contribution in [0.15, 0.2) is 53.7 Å². The maximum atomic E-state index is 13.4. The number of benzene rings is 1. The summed E-state index contributed by atoms with van der Waals surface area (Å²) < 4.78 is 36.8. The molecular formula is C17H14FN7O2S. The summed E-state index contributed by atoms with van der Waals surface area (Å²) in [6, 6.07) is 9.27. The van der Waals surface area contributed by atoms with Crippen LogP contribution in [0.5, 0.6) is 0 Å². The second-order valence-corrected chi connectivity index (χ2v) is 7.95. The molecule has 4 rings (SSSR count). The number of aromatic nitrogens is 5. The molecular weight excluding hydrogens is 385 g/mol. The number of sulfone groups is 1. The van der Waals surface area contributed by atoms with Crippen molar-refractivity contribution in [2.75, 3.05) is 16.9 Å². The molecule has 0 bridgehead atoms. The summed E-state index contributed by atoms with van der Waals surface area (Å²) in [5, 5.41) is 13.2. The van der Waals surface area contributed by atoms with Crippen LogP contribution in [0.3, 0.4) is 0 Å². The van der Waals surface area contributed by atoms with E-state index in [-0.39, 0.29) is 10.8 Å². The molecule has 0 spiro atoms. The molecule has 4 aromatic rings. The lowest BCUT2D eigenvalue weighted by atomic mass is 10.3. The van der Waals surface area contributed by atoms with Gasteiger partial charge in [0.05, 0.1) is 16.5 Å². The van der Waals surface area contributed by atoms with E-state index in [1.54, 1.807) is 18.2 Å². The van der Waals surface area contributed by atoms with Gasteiger partial charge in [-0.25, -0.2) is 22.8 Å². The highest BCUT2D eigenvalue weighted by molar-refractivity contribution is 7.90. The summed E-state index contributed by atoms with van der Waals surface area (Å²) in [5.41, 5.74) is 0.896. The average molecular weight is 399 g/mol. The minimum absolute atomic E-state index is 0.185. The van der Waals surface area contributed by atoms with Gasteiger partial charge in [0.1, 0.15) is 17.5 Å². The van der Waals surface area contributed by atoms with Crippen molar-refractivity contribution >= 4 is 44.1 Å². The van der Waals surface area contributed by atoms with Crippen LogP contribution in [0.1, 0.15) is 0 Å². The predicted molar refractivity (Wildman–Crippen MR) is 102 cm³/mol. The molecule has 0 aliphatic heterocycles. The van der Waals surface area contributed by atoms with Crippen molar-refractivity contribution in [1.29, 1.82) is 0 Å². The standard InChI is InChI=1S/C17H14FN7O2S/c1-28(26,27)12-4-2-3-11(8-12)21-17-19-6-5-14(23-17)22-16-13-7-10(18)9-20-15(13)24-25-16/h2-9H,1H3,(H3,19,20,21,22,23,24,25). The number of nitrogens with zero attached hydrogens (tertiary/aromatic N) is 4. The van der Waals surface area contributed by atoms with E-state index in [0.29, 0.717) is 28.4 Å². The van der Waals surface area contributed by atoms with E-state index >= 15 is 0 Å². The largest absolute Gasteiger partial charge is 0.325 e. The fourth-order valence-electron chi connectivity index (χ4n) is 2.52. The molecule has 142 valence electrons. The molecule has 0 unspecified atom stereocenters. The van der Waals surface area contributed by atoms with Crippen LogP contribution >= 0.6 is 0 Å². The van der Waals surface area contributed by atoms with Crippen molar-refractivity contribution in [2.45, 2.75) is 4.90 Å². The third-order valence-corrected chi connectivity index (χ3v) is 4.91. The number of anilines is 4. The van der Waals surface area contributed by atoms with Crippen molar-refractivity contribution < 1.29 is 12.8 Å². The molecule has 3 heterocycles. The molecule has 0 saturated heterocycles. The maximum Gasteiger partial charge on any atom is 0.229 e. The van der Waals surface area contributed by atoms with Crippen LogP contribution in [-0.4, -0.2) is 39.8 Å². The van der Waals surface area contributed by atoms with Gasteiger partial charge in [-0.05, 0) is 30.3 Å². The van der Waals surface area contributed by atoms with Gasteiger partial charge in [-0.2, -0.15) is 10.1 Å². The van der Waals surface area contributed by atoms with Crippen LogP contribution < -0.4 is 10.6 Å². The van der Waals surface area contributed by atoms with Gasteiger partial charge >= 0.3 is 0 Å². The zero-order chi connectivity index (χ0) is 19.7. The Morgan fingerprint density at radius 3 is 2.79 bits per heavy atom. The Balaban J connectivity index is 1.59. The normalized spacial score (nSPS) is 11.5. The Hall–Kier alpha value is -3.60. The Morgan fingerprint density at radius 2 is 1.96 bits per heavy atom. The lowest BCUT2D eigenvalue weighted by molar-refractivity contribution is 0.602. The third kappa shape index (κ3) is 3.74. The molecule has 3 aromatic heterocycles. The molecule has 1 aromatic carbocycles. The highest BCUT2D eigenvalue weighted by Crippen LogP contribution is 2.23. The third-order valence-electron chi connectivity index (χ3n) is 3.80. The Labute approximate surface area is 159 Å². The molecule has 9 nitrogen and oxygen atoms in total. The average Bonchev–Trinajstić information content (AvgIpc) is 3.03. The van der Waals surface area contributed by atoms with E-state index in [1.165, 1.54) is 24.4 Å². The molecule has 0 aliphatic carbocycles. The number of rotatable bonds is 5. The van der Waals surface area contributed by atoms with Crippen LogP contribution in [-0.2, 0) is 9.84 Å². The van der Waals surface area contributed by atoms with E-state index in [1.807, 2.05) is 0 Å². The van der Waals surface area contributed by atoms with E-state index in [2.05, 4.69) is 35.8 Å². The Bertz CT molecular complexity index is 1270. The summed E-state index contributed by atoms with van der Waals surface area (Å²) in [6.07, 6.45) is 3.75. The molecule has 0 aliphatic rings. The van der Waals surface area contributed by atoms with Gasteiger partial charge in [-0.3, -0.25) is 5.10 Å². The number of hydrogen-bond donors (Lipinski definition) is 3. The molecule has 0 amide bonds. The topological polar surface area (TPSA) is 126 Å². The molecule has 0 atom stereocenters. The number of halogens is 1. The number of aromatic amines is 1. The second-order valence-electron chi connectivity index (χ2n) is 5.94. The first-order valence-corrected chi connectivity index (χ1v) is 9.94. The predicted octanol–water partition coefficient (Wildman–Crippen LogP) is 2.78. The monoisotopic (exact) mass is 399 g/mol. The number of pyridine rings is 1. The van der Waals surface area contributed by atoms with Crippen LogP contribution in [0.4, 0.5) is 27.7 Å². The van der Waals surface area contributed by atoms with Gasteiger partial charge in [0.15, 0.2) is 15.5 Å². The van der Waals surface area contributed by atoms with Crippen LogP contribution in [0.2, 0.25) is 0 Å². The lowest BCUT2D eigenvalue weighted by Crippen LogP contribution is -2.02. The number of fused-ring (bicyclic) bond motifs is 1. The fraction of sp³-hybridized carbons (Fsp3) is 0.0588. The van der Waals surface area contributed by atoms with Gasteiger partial charge in [-0.15, -0.1) is 0 Å². The summed E-state index contributed by atoms with van der Waals surface area (Å²) in [6.45, 7) is 0. The van der Waals surface area contributed by atoms with Gasteiger partial charge in [0.25, 0.3) is 0 Å². The summed E-state index contributed by atoms with van der Waals surface area (Å²) in [7, 11) is -3.33. The van der Waals surface area contributed by atoms with E-state index in [4.69, 9.17) is 0 Å². The second kappa shape index (κ2) is 6.85. The van der Waals surface area contributed by atoms with Gasteiger partial charge in [0.2, 0.25) is 5.95 Å². The molecule has 3 N–H and O–H groups in total. The van der Waals surface area contributed by atoms with E-state index < -0.39 is 15.7 Å². The van der Waals surface area contributed by atoms with Gasteiger partial charge < -0.3 is 10.6 Å². The smallest absolute Gasteiger partial charge is 0.229 e. The van der Waals surface area contributed by atoms with Crippen molar-refractivity contribution in [3.05, 3.63) is 54.6 Å². The van der Waals surface area contributed by atoms with Crippen molar-refractivity contribution in [3.63, 3.8) is 0 Å². The zero-order valence-electron chi connectivity index (χ0n) is 14.5. The van der Waals surface area contributed by atoms with Crippen molar-refractivity contribution in [3.8, 4) is 0 Å². The Kier molecular flexibility index (Phi) is 4.35. The van der Waals surface area contributed by atoms with Crippen LogP contribution in [0, 0.1) is 5.82 Å². The number of hydrogen-bond acceptors (Lipinski definition) is 8. The van der Waals surface area contributed by atoms with E-state index in [0.717, 1.165) is 12.5 Å². The first kappa shape index (κ1) is 17.8.